The van der Waals surface area contributed by atoms with E-state index in [1.54, 1.807) is 0 Å². The fraction of sp³-hybridized carbons (Fsp3) is 0.615. The molecule has 1 aromatic rings. The Morgan fingerprint density at radius 3 is 2.86 bits per heavy atom. The molecule has 0 atom stereocenters. The van der Waals surface area contributed by atoms with Gasteiger partial charge >= 0.3 is 6.09 Å². The van der Waals surface area contributed by atoms with Gasteiger partial charge < -0.3 is 15.2 Å². The van der Waals surface area contributed by atoms with Crippen molar-refractivity contribution in [3.05, 3.63) is 17.5 Å². The summed E-state index contributed by atoms with van der Waals surface area (Å²) in [5, 5.41) is 12.0. The summed E-state index contributed by atoms with van der Waals surface area (Å²) in [6.45, 7) is 0.234. The van der Waals surface area contributed by atoms with E-state index in [0.717, 1.165) is 19.0 Å². The van der Waals surface area contributed by atoms with Crippen molar-refractivity contribution >= 4 is 12.0 Å². The normalized spacial score (nSPS) is 21.3. The molecule has 9 heteroatoms. The molecule has 1 aromatic heterocycles. The third-order valence-electron chi connectivity index (χ3n) is 3.82. The highest BCUT2D eigenvalue weighted by Gasteiger charge is 2.43. The number of halogens is 2. The number of nitrogens with zero attached hydrogens (tertiary/aromatic N) is 3. The van der Waals surface area contributed by atoms with Crippen LogP contribution in [0.4, 0.5) is 19.5 Å². The van der Waals surface area contributed by atoms with Crippen molar-refractivity contribution in [3.8, 4) is 0 Å². The monoisotopic (exact) mass is 314 g/mol. The minimum atomic E-state index is -3.27. The van der Waals surface area contributed by atoms with Crippen LogP contribution < -0.4 is 5.32 Å². The molecule has 22 heavy (non-hydrogen) atoms. The van der Waals surface area contributed by atoms with Gasteiger partial charge in [0, 0.05) is 25.5 Å². The van der Waals surface area contributed by atoms with Gasteiger partial charge in [-0.3, -0.25) is 4.90 Å². The zero-order valence-electron chi connectivity index (χ0n) is 11.8. The molecule has 3 heterocycles. The molecule has 3 rings (SSSR count). The molecule has 0 aliphatic carbocycles. The third kappa shape index (κ3) is 2.94. The molecule has 1 saturated heterocycles. The maximum Gasteiger partial charge on any atom is 0.407 e. The smallest absolute Gasteiger partial charge is 0.407 e. The van der Waals surface area contributed by atoms with Gasteiger partial charge in [0.05, 0.1) is 24.3 Å². The van der Waals surface area contributed by atoms with Crippen LogP contribution in [0.5, 0.6) is 0 Å². The summed E-state index contributed by atoms with van der Waals surface area (Å²) in [4.78, 5) is 19.7. The molecule has 7 nitrogen and oxygen atoms in total. The lowest BCUT2D eigenvalue weighted by atomic mass is 10.0. The zero-order valence-corrected chi connectivity index (χ0v) is 11.8. The lowest BCUT2D eigenvalue weighted by Gasteiger charge is -2.32. The summed E-state index contributed by atoms with van der Waals surface area (Å²) in [5.74, 6) is -3.03. The van der Waals surface area contributed by atoms with E-state index in [4.69, 9.17) is 9.84 Å². The third-order valence-corrected chi connectivity index (χ3v) is 3.82. The van der Waals surface area contributed by atoms with Crippen LogP contribution in [0.15, 0.2) is 6.20 Å². The average molecular weight is 314 g/mol. The summed E-state index contributed by atoms with van der Waals surface area (Å²) in [6, 6.07) is 0.131. The Kier molecular flexibility index (Phi) is 3.81. The van der Waals surface area contributed by atoms with Crippen LogP contribution in [0, 0.1) is 0 Å². The highest BCUT2D eigenvalue weighted by atomic mass is 19.3. The van der Waals surface area contributed by atoms with Gasteiger partial charge in [0.2, 0.25) is 5.95 Å². The summed E-state index contributed by atoms with van der Waals surface area (Å²) >= 11 is 0. The highest BCUT2D eigenvalue weighted by Crippen LogP contribution is 2.35. The number of anilines is 1. The first kappa shape index (κ1) is 14.9. The largest absolute Gasteiger partial charge is 0.465 e. The van der Waals surface area contributed by atoms with Crippen molar-refractivity contribution < 1.29 is 23.4 Å². The van der Waals surface area contributed by atoms with Crippen LogP contribution >= 0.6 is 0 Å². The number of carboxylic acid groups (broad SMARTS) is 1. The topological polar surface area (TPSA) is 87.6 Å². The molecule has 0 saturated carbocycles. The minimum absolute atomic E-state index is 0.0446. The molecule has 1 amide bonds. The Morgan fingerprint density at radius 2 is 2.18 bits per heavy atom. The second-order valence-electron chi connectivity index (χ2n) is 5.43. The lowest BCUT2D eigenvalue weighted by molar-refractivity contribution is -0.0476. The van der Waals surface area contributed by atoms with Gasteiger partial charge in [0.25, 0.3) is 5.92 Å². The maximum atomic E-state index is 14.0. The van der Waals surface area contributed by atoms with Crippen molar-refractivity contribution in [2.75, 3.05) is 25.1 Å². The quantitative estimate of drug-likeness (QED) is 0.863. The SMILES string of the molecule is O=C(O)N1Cc2nc(NC3CCOCC3)ncc2C(F)(F)C1. The molecule has 0 aromatic carbocycles. The summed E-state index contributed by atoms with van der Waals surface area (Å²) in [5.41, 5.74) is -0.259. The van der Waals surface area contributed by atoms with Crippen molar-refractivity contribution in [3.63, 3.8) is 0 Å². The van der Waals surface area contributed by atoms with Crippen molar-refractivity contribution in [1.82, 2.24) is 14.9 Å². The molecule has 120 valence electrons. The number of nitrogens with one attached hydrogen (secondary N) is 1. The molecule has 0 unspecified atom stereocenters. The minimum Gasteiger partial charge on any atom is -0.465 e. The molecule has 0 bridgehead atoms. The number of amides is 1. The number of hydrogen-bond acceptors (Lipinski definition) is 5. The van der Waals surface area contributed by atoms with Crippen LogP contribution in [0.3, 0.4) is 0 Å². The Hall–Kier alpha value is -2.03. The predicted molar refractivity (Wildman–Crippen MR) is 71.8 cm³/mol. The summed E-state index contributed by atoms with van der Waals surface area (Å²) in [7, 11) is 0. The zero-order chi connectivity index (χ0) is 15.7. The van der Waals surface area contributed by atoms with Crippen LogP contribution in [0.1, 0.15) is 24.1 Å². The molecule has 2 aliphatic rings. The fourth-order valence-electron chi connectivity index (χ4n) is 2.63. The van der Waals surface area contributed by atoms with Gasteiger partial charge in [0.1, 0.15) is 0 Å². The van der Waals surface area contributed by atoms with Crippen molar-refractivity contribution in [2.45, 2.75) is 31.4 Å². The second-order valence-corrected chi connectivity index (χ2v) is 5.43. The molecule has 2 aliphatic heterocycles. The van der Waals surface area contributed by atoms with Gasteiger partial charge in [-0.1, -0.05) is 0 Å². The van der Waals surface area contributed by atoms with E-state index in [2.05, 4.69) is 15.3 Å². The van der Waals surface area contributed by atoms with E-state index < -0.39 is 18.6 Å². The summed E-state index contributed by atoms with van der Waals surface area (Å²) in [6.07, 6.45) is 1.28. The molecule has 2 N–H and O–H groups in total. The lowest BCUT2D eigenvalue weighted by Crippen LogP contribution is -2.43. The molecule has 0 radical (unpaired) electrons. The van der Waals surface area contributed by atoms with Crippen molar-refractivity contribution in [1.29, 1.82) is 0 Å². The van der Waals surface area contributed by atoms with Crippen LogP contribution in [-0.4, -0.2) is 51.9 Å². The number of ether oxygens (including phenoxy) is 1. The van der Waals surface area contributed by atoms with Crippen LogP contribution in [-0.2, 0) is 17.2 Å². The van der Waals surface area contributed by atoms with E-state index >= 15 is 0 Å². The first-order chi connectivity index (χ1) is 10.5. The second kappa shape index (κ2) is 5.64. The van der Waals surface area contributed by atoms with Gasteiger partial charge in [0.15, 0.2) is 0 Å². The van der Waals surface area contributed by atoms with Crippen LogP contribution in [0.25, 0.3) is 0 Å². The Balaban J connectivity index is 1.82. The number of hydrogen-bond donors (Lipinski definition) is 2. The number of fused-ring (bicyclic) bond motifs is 1. The Labute approximate surface area is 125 Å². The van der Waals surface area contributed by atoms with E-state index in [1.165, 1.54) is 0 Å². The Bertz CT molecular complexity index is 578. The fourth-order valence-corrected chi connectivity index (χ4v) is 2.63. The first-order valence-electron chi connectivity index (χ1n) is 7.02. The maximum absolute atomic E-state index is 14.0. The predicted octanol–water partition coefficient (Wildman–Crippen LogP) is 1.65. The number of rotatable bonds is 2. The Morgan fingerprint density at radius 1 is 1.45 bits per heavy atom. The number of carbonyl (C=O) groups is 1. The molecular weight excluding hydrogens is 298 g/mol. The molecule has 0 spiro atoms. The molecular formula is C13H16F2N4O3. The highest BCUT2D eigenvalue weighted by molar-refractivity contribution is 5.65. The van der Waals surface area contributed by atoms with Crippen LogP contribution in [0.2, 0.25) is 0 Å². The van der Waals surface area contributed by atoms with E-state index in [1.807, 2.05) is 0 Å². The standard InChI is InChI=1S/C13H16F2N4O3/c14-13(15)7-19(12(20)21)6-10-9(13)5-16-11(18-10)17-8-1-3-22-4-2-8/h5,8H,1-4,6-7H2,(H,20,21)(H,16,17,18). The van der Waals surface area contributed by atoms with E-state index in [-0.39, 0.29) is 29.8 Å². The number of aromatic nitrogens is 2. The van der Waals surface area contributed by atoms with E-state index in [0.29, 0.717) is 18.1 Å². The van der Waals surface area contributed by atoms with Gasteiger partial charge in [-0.2, -0.15) is 8.78 Å². The van der Waals surface area contributed by atoms with Gasteiger partial charge in [-0.25, -0.2) is 14.8 Å². The van der Waals surface area contributed by atoms with Gasteiger partial charge in [-0.05, 0) is 12.8 Å². The molecule has 1 fully saturated rings. The summed E-state index contributed by atoms with van der Waals surface area (Å²) < 4.78 is 33.2. The van der Waals surface area contributed by atoms with E-state index in [9.17, 15) is 13.6 Å². The number of alkyl halides is 2. The average Bonchev–Trinajstić information content (AvgIpc) is 2.47. The van der Waals surface area contributed by atoms with Gasteiger partial charge in [-0.15, -0.1) is 0 Å². The first-order valence-corrected chi connectivity index (χ1v) is 7.02. The van der Waals surface area contributed by atoms with Crippen molar-refractivity contribution in [2.24, 2.45) is 0 Å².